The van der Waals surface area contributed by atoms with Crippen LogP contribution in [0.1, 0.15) is 42.0 Å². The molecule has 4 rings (SSSR count). The molecule has 26 heavy (non-hydrogen) atoms. The smallest absolute Gasteiger partial charge is 0.345 e. The van der Waals surface area contributed by atoms with Crippen LogP contribution in [0.15, 0.2) is 23.3 Å². The number of benzene rings is 1. The van der Waals surface area contributed by atoms with Gasteiger partial charge in [0.25, 0.3) is 0 Å². The molecule has 138 valence electrons. The second kappa shape index (κ2) is 6.30. The third-order valence-electron chi connectivity index (χ3n) is 5.37. The number of aromatic nitrogens is 3. The average molecular weight is 356 g/mol. The summed E-state index contributed by atoms with van der Waals surface area (Å²) in [4.78, 5) is 27.1. The summed E-state index contributed by atoms with van der Waals surface area (Å²) in [7, 11) is 1.63. The number of rotatable bonds is 4. The summed E-state index contributed by atoms with van der Waals surface area (Å²) in [5.41, 5.74) is 3.19. The first-order chi connectivity index (χ1) is 12.5. The first-order valence-electron chi connectivity index (χ1n) is 9.09. The number of hydrogen-bond donors (Lipinski definition) is 0. The number of carbonyl (C=O) groups is 1. The molecule has 1 aromatic heterocycles. The van der Waals surface area contributed by atoms with Crippen molar-refractivity contribution in [1.29, 1.82) is 0 Å². The van der Waals surface area contributed by atoms with E-state index in [0.29, 0.717) is 6.61 Å². The Bertz CT molecular complexity index is 910. The van der Waals surface area contributed by atoms with Gasteiger partial charge in [-0.1, -0.05) is 6.07 Å². The lowest BCUT2D eigenvalue weighted by Crippen LogP contribution is -2.42. The Morgan fingerprint density at radius 1 is 1.27 bits per heavy atom. The molecule has 2 aromatic rings. The SMILES string of the molecule is Cc1cc2c(cc1C)C(N(C(=O)Cn1ncn(C)c1=O)C1CC1)CCO2. The summed E-state index contributed by atoms with van der Waals surface area (Å²) in [6, 6.07) is 4.46. The Labute approximate surface area is 152 Å². The minimum absolute atomic E-state index is 0.00235. The Balaban J connectivity index is 1.66. The van der Waals surface area contributed by atoms with Crippen LogP contribution in [-0.4, -0.2) is 37.8 Å². The molecule has 0 saturated heterocycles. The number of hydrogen-bond acceptors (Lipinski definition) is 4. The molecule has 1 atom stereocenters. The van der Waals surface area contributed by atoms with Crippen molar-refractivity contribution in [3.8, 4) is 5.75 Å². The minimum Gasteiger partial charge on any atom is -0.493 e. The number of amides is 1. The molecule has 1 saturated carbocycles. The second-order valence-electron chi connectivity index (χ2n) is 7.34. The lowest BCUT2D eigenvalue weighted by molar-refractivity contribution is -0.136. The van der Waals surface area contributed by atoms with Crippen LogP contribution in [-0.2, 0) is 18.4 Å². The zero-order chi connectivity index (χ0) is 18.4. The molecule has 7 heteroatoms. The largest absolute Gasteiger partial charge is 0.493 e. The molecule has 1 aromatic carbocycles. The van der Waals surface area contributed by atoms with Crippen LogP contribution in [0.5, 0.6) is 5.75 Å². The zero-order valence-corrected chi connectivity index (χ0v) is 15.4. The summed E-state index contributed by atoms with van der Waals surface area (Å²) in [6.07, 6.45) is 4.24. The van der Waals surface area contributed by atoms with E-state index in [1.807, 2.05) is 4.90 Å². The quantitative estimate of drug-likeness (QED) is 0.836. The molecule has 2 heterocycles. The molecule has 1 fully saturated rings. The van der Waals surface area contributed by atoms with Gasteiger partial charge in [0.15, 0.2) is 0 Å². The summed E-state index contributed by atoms with van der Waals surface area (Å²) < 4.78 is 8.47. The van der Waals surface area contributed by atoms with E-state index in [1.54, 1.807) is 7.05 Å². The fraction of sp³-hybridized carbons (Fsp3) is 0.526. The summed E-state index contributed by atoms with van der Waals surface area (Å²) >= 11 is 0. The van der Waals surface area contributed by atoms with Crippen LogP contribution >= 0.6 is 0 Å². The zero-order valence-electron chi connectivity index (χ0n) is 15.4. The number of carbonyl (C=O) groups excluding carboxylic acids is 1. The van der Waals surface area contributed by atoms with E-state index in [4.69, 9.17) is 4.74 Å². The maximum Gasteiger partial charge on any atom is 0.345 e. The predicted octanol–water partition coefficient (Wildman–Crippen LogP) is 1.71. The molecule has 0 N–H and O–H groups in total. The molecular weight excluding hydrogens is 332 g/mol. The Morgan fingerprint density at radius 3 is 2.65 bits per heavy atom. The van der Waals surface area contributed by atoms with Crippen molar-refractivity contribution in [2.75, 3.05) is 6.61 Å². The van der Waals surface area contributed by atoms with Gasteiger partial charge in [0.1, 0.15) is 18.6 Å². The molecule has 1 aliphatic carbocycles. The van der Waals surface area contributed by atoms with Gasteiger partial charge in [0.05, 0.1) is 12.6 Å². The molecule has 0 spiro atoms. The predicted molar refractivity (Wildman–Crippen MR) is 96.1 cm³/mol. The van der Waals surface area contributed by atoms with Gasteiger partial charge < -0.3 is 9.64 Å². The topological polar surface area (TPSA) is 69.4 Å². The lowest BCUT2D eigenvalue weighted by atomic mass is 9.94. The second-order valence-corrected chi connectivity index (χ2v) is 7.34. The van der Waals surface area contributed by atoms with Crippen LogP contribution in [0.25, 0.3) is 0 Å². The van der Waals surface area contributed by atoms with E-state index in [-0.39, 0.29) is 30.2 Å². The van der Waals surface area contributed by atoms with Crippen LogP contribution in [0, 0.1) is 13.8 Å². The van der Waals surface area contributed by atoms with Gasteiger partial charge in [-0.2, -0.15) is 5.10 Å². The van der Waals surface area contributed by atoms with Gasteiger partial charge >= 0.3 is 5.69 Å². The fourth-order valence-corrected chi connectivity index (χ4v) is 3.65. The highest BCUT2D eigenvalue weighted by Crippen LogP contribution is 2.42. The summed E-state index contributed by atoms with van der Waals surface area (Å²) in [6.45, 7) is 4.73. The number of fused-ring (bicyclic) bond motifs is 1. The van der Waals surface area contributed by atoms with Crippen LogP contribution in [0.3, 0.4) is 0 Å². The van der Waals surface area contributed by atoms with E-state index in [1.165, 1.54) is 26.7 Å². The monoisotopic (exact) mass is 356 g/mol. The van der Waals surface area contributed by atoms with Crippen molar-refractivity contribution < 1.29 is 9.53 Å². The third kappa shape index (κ3) is 2.91. The van der Waals surface area contributed by atoms with E-state index >= 15 is 0 Å². The maximum absolute atomic E-state index is 13.1. The summed E-state index contributed by atoms with van der Waals surface area (Å²) in [5, 5.41) is 4.03. The first-order valence-corrected chi connectivity index (χ1v) is 9.09. The standard InChI is InChI=1S/C19H24N4O3/c1-12-8-15-16(6-7-26-17(15)9-13(12)2)23(14-4-5-14)18(24)10-22-19(25)21(3)11-20-22/h8-9,11,14,16H,4-7,10H2,1-3H3. The van der Waals surface area contributed by atoms with E-state index in [9.17, 15) is 9.59 Å². The Hall–Kier alpha value is -2.57. The van der Waals surface area contributed by atoms with Gasteiger partial charge in [-0.3, -0.25) is 9.36 Å². The summed E-state index contributed by atoms with van der Waals surface area (Å²) in [5.74, 6) is 0.821. The molecule has 2 aliphatic rings. The van der Waals surface area contributed by atoms with Crippen molar-refractivity contribution in [3.63, 3.8) is 0 Å². The normalized spacial score (nSPS) is 19.0. The molecule has 1 amide bonds. The van der Waals surface area contributed by atoms with Crippen LogP contribution < -0.4 is 10.4 Å². The first kappa shape index (κ1) is 16.9. The van der Waals surface area contributed by atoms with E-state index in [2.05, 4.69) is 31.1 Å². The maximum atomic E-state index is 13.1. The Kier molecular flexibility index (Phi) is 4.09. The van der Waals surface area contributed by atoms with Crippen molar-refractivity contribution in [3.05, 3.63) is 45.6 Å². The van der Waals surface area contributed by atoms with Crippen molar-refractivity contribution >= 4 is 5.91 Å². The van der Waals surface area contributed by atoms with E-state index < -0.39 is 0 Å². The molecule has 0 bridgehead atoms. The number of nitrogens with zero attached hydrogens (tertiary/aromatic N) is 4. The van der Waals surface area contributed by atoms with Gasteiger partial charge in [0.2, 0.25) is 5.91 Å². The number of ether oxygens (including phenoxy) is 1. The molecular formula is C19H24N4O3. The van der Waals surface area contributed by atoms with Crippen molar-refractivity contribution in [2.24, 2.45) is 7.05 Å². The minimum atomic E-state index is -0.270. The van der Waals surface area contributed by atoms with Gasteiger partial charge in [-0.15, -0.1) is 0 Å². The highest BCUT2D eigenvalue weighted by Gasteiger charge is 2.40. The molecule has 1 aliphatic heterocycles. The van der Waals surface area contributed by atoms with Gasteiger partial charge in [0, 0.05) is 25.1 Å². The molecule has 0 radical (unpaired) electrons. The van der Waals surface area contributed by atoms with Gasteiger partial charge in [-0.05, 0) is 43.9 Å². The average Bonchev–Trinajstić information content (AvgIpc) is 3.39. The molecule has 1 unspecified atom stereocenters. The number of aryl methyl sites for hydroxylation is 3. The van der Waals surface area contributed by atoms with Crippen LogP contribution in [0.2, 0.25) is 0 Å². The van der Waals surface area contributed by atoms with Crippen LogP contribution in [0.4, 0.5) is 0 Å². The van der Waals surface area contributed by atoms with Crippen molar-refractivity contribution in [1.82, 2.24) is 19.2 Å². The van der Waals surface area contributed by atoms with Gasteiger partial charge in [-0.25, -0.2) is 9.48 Å². The third-order valence-corrected chi connectivity index (χ3v) is 5.37. The highest BCUT2D eigenvalue weighted by molar-refractivity contribution is 5.77. The lowest BCUT2D eigenvalue weighted by Gasteiger charge is -2.36. The highest BCUT2D eigenvalue weighted by atomic mass is 16.5. The Morgan fingerprint density at radius 2 is 2.00 bits per heavy atom. The fourth-order valence-electron chi connectivity index (χ4n) is 3.65. The van der Waals surface area contributed by atoms with E-state index in [0.717, 1.165) is 30.6 Å². The van der Waals surface area contributed by atoms with Crippen molar-refractivity contribution in [2.45, 2.75) is 51.7 Å². The molecule has 7 nitrogen and oxygen atoms in total.